The van der Waals surface area contributed by atoms with Gasteiger partial charge in [0.1, 0.15) is 0 Å². The summed E-state index contributed by atoms with van der Waals surface area (Å²) in [4.78, 5) is 2.51. The van der Waals surface area contributed by atoms with Crippen LogP contribution >= 0.6 is 0 Å². The molecule has 346 valence electrons. The lowest BCUT2D eigenvalue weighted by molar-refractivity contribution is 0.691. The van der Waals surface area contributed by atoms with Crippen LogP contribution in [0.25, 0.3) is 77.5 Å². The monoisotopic (exact) mass is 931 g/mol. The molecule has 0 aromatic heterocycles. The first-order chi connectivity index (χ1) is 36.1. The number of hydrogen-bond acceptors (Lipinski definition) is 1. The molecule has 73 heavy (non-hydrogen) atoms. The van der Waals surface area contributed by atoms with Crippen LogP contribution in [-0.2, 0) is 5.41 Å². The van der Waals surface area contributed by atoms with Gasteiger partial charge in [0.05, 0.1) is 16.8 Å². The Morgan fingerprint density at radius 3 is 1.47 bits per heavy atom. The van der Waals surface area contributed by atoms with Crippen LogP contribution in [0.4, 0.5) is 17.1 Å². The van der Waals surface area contributed by atoms with Crippen LogP contribution in [0.1, 0.15) is 30.0 Å². The fourth-order valence-electron chi connectivity index (χ4n) is 11.9. The third kappa shape index (κ3) is 7.56. The molecule has 0 N–H and O–H groups in total. The average molecular weight is 932 g/mol. The summed E-state index contributed by atoms with van der Waals surface area (Å²) in [5, 5.41) is 2.45. The second-order valence-corrected chi connectivity index (χ2v) is 19.6. The molecule has 2 unspecified atom stereocenters. The van der Waals surface area contributed by atoms with E-state index in [9.17, 15) is 0 Å². The highest BCUT2D eigenvalue weighted by atomic mass is 15.1. The van der Waals surface area contributed by atoms with Crippen LogP contribution in [0.2, 0.25) is 0 Å². The lowest BCUT2D eigenvalue weighted by atomic mass is 9.65. The Balaban J connectivity index is 1.03. The minimum absolute atomic E-state index is 0.485. The largest absolute Gasteiger partial charge is 0.309 e. The zero-order valence-corrected chi connectivity index (χ0v) is 40.9. The summed E-state index contributed by atoms with van der Waals surface area (Å²) in [5.74, 6) is 0.493. The minimum Gasteiger partial charge on any atom is -0.309 e. The third-order valence-corrected chi connectivity index (χ3v) is 15.3. The predicted molar refractivity (Wildman–Crippen MR) is 309 cm³/mol. The Morgan fingerprint density at radius 1 is 0.370 bits per heavy atom. The quantitative estimate of drug-likeness (QED) is 0.132. The first kappa shape index (κ1) is 43.9. The lowest BCUT2D eigenvalue weighted by Crippen LogP contribution is -2.29. The number of para-hydroxylation sites is 2. The molecule has 0 saturated carbocycles. The van der Waals surface area contributed by atoms with Crippen molar-refractivity contribution >= 4 is 27.8 Å². The van der Waals surface area contributed by atoms with Gasteiger partial charge in [-0.1, -0.05) is 268 Å². The second kappa shape index (κ2) is 18.6. The van der Waals surface area contributed by atoms with Crippen LogP contribution in [-0.4, -0.2) is 0 Å². The van der Waals surface area contributed by atoms with Gasteiger partial charge in [-0.2, -0.15) is 0 Å². The predicted octanol–water partition coefficient (Wildman–Crippen LogP) is 19.5. The molecule has 0 spiro atoms. The van der Waals surface area contributed by atoms with E-state index in [0.29, 0.717) is 5.92 Å². The molecule has 2 aliphatic carbocycles. The fourth-order valence-corrected chi connectivity index (χ4v) is 11.9. The smallest absolute Gasteiger partial charge is 0.0710 e. The summed E-state index contributed by atoms with van der Waals surface area (Å²) in [6.07, 6.45) is 8.32. The molecule has 0 fully saturated rings. The zero-order valence-electron chi connectivity index (χ0n) is 40.9. The Kier molecular flexibility index (Phi) is 11.2. The van der Waals surface area contributed by atoms with E-state index < -0.39 is 5.41 Å². The van der Waals surface area contributed by atoms with E-state index in [4.69, 9.17) is 0 Å². The van der Waals surface area contributed by atoms with Crippen molar-refractivity contribution in [2.75, 3.05) is 4.90 Å². The molecule has 11 aromatic carbocycles. The summed E-state index contributed by atoms with van der Waals surface area (Å²) >= 11 is 0. The summed E-state index contributed by atoms with van der Waals surface area (Å²) in [5.41, 5.74) is 22.5. The number of benzene rings is 11. The van der Waals surface area contributed by atoms with Crippen molar-refractivity contribution in [2.45, 2.75) is 18.8 Å². The molecule has 0 amide bonds. The van der Waals surface area contributed by atoms with Gasteiger partial charge in [-0.25, -0.2) is 0 Å². The molecular formula is C72H53N. The summed E-state index contributed by atoms with van der Waals surface area (Å²) in [7, 11) is 0. The van der Waals surface area contributed by atoms with Gasteiger partial charge in [0.2, 0.25) is 0 Å². The van der Waals surface area contributed by atoms with E-state index in [1.807, 2.05) is 0 Å². The number of allylic oxidation sites excluding steroid dienone is 4. The first-order valence-electron chi connectivity index (χ1n) is 25.6. The van der Waals surface area contributed by atoms with Gasteiger partial charge in [-0.3, -0.25) is 0 Å². The topological polar surface area (TPSA) is 3.24 Å². The zero-order chi connectivity index (χ0) is 48.7. The molecular weight excluding hydrogens is 879 g/mol. The van der Waals surface area contributed by atoms with Crippen molar-refractivity contribution in [1.29, 1.82) is 0 Å². The van der Waals surface area contributed by atoms with Crippen LogP contribution in [0.15, 0.2) is 291 Å². The van der Waals surface area contributed by atoms with Gasteiger partial charge >= 0.3 is 0 Å². The van der Waals surface area contributed by atoms with E-state index >= 15 is 0 Å². The van der Waals surface area contributed by atoms with Gasteiger partial charge in [-0.15, -0.1) is 0 Å². The number of rotatable bonds is 10. The van der Waals surface area contributed by atoms with E-state index in [2.05, 4.69) is 297 Å². The van der Waals surface area contributed by atoms with Gasteiger partial charge in [0.15, 0.2) is 0 Å². The fraction of sp³-hybridized carbons (Fsp3) is 0.0556. The molecule has 0 radical (unpaired) electrons. The van der Waals surface area contributed by atoms with E-state index in [0.717, 1.165) is 34.6 Å². The summed E-state index contributed by atoms with van der Waals surface area (Å²) in [6.45, 7) is 2.31. The minimum atomic E-state index is -0.485. The summed E-state index contributed by atoms with van der Waals surface area (Å²) < 4.78 is 0. The SMILES string of the molecule is CC1C=CC(C2(c3ccccc3)c3ccccc3-c3c(-c4ccccc4N(c4ccc(-c5ccc(-c6ccccc6)cc5)cc4)c4ccccc4-c4cccc5cccc(-c6ccccc6)c45)cccc32)=CC1. The van der Waals surface area contributed by atoms with Crippen molar-refractivity contribution in [3.63, 3.8) is 0 Å². The molecule has 2 atom stereocenters. The summed E-state index contributed by atoms with van der Waals surface area (Å²) in [6, 6.07) is 98.5. The maximum atomic E-state index is 2.51. The van der Waals surface area contributed by atoms with Crippen molar-refractivity contribution in [2.24, 2.45) is 5.92 Å². The van der Waals surface area contributed by atoms with Crippen LogP contribution in [0, 0.1) is 5.92 Å². The maximum absolute atomic E-state index is 2.51. The highest BCUT2D eigenvalue weighted by Crippen LogP contribution is 2.60. The lowest BCUT2D eigenvalue weighted by Gasteiger charge is -2.36. The van der Waals surface area contributed by atoms with E-state index in [1.54, 1.807) is 0 Å². The van der Waals surface area contributed by atoms with Gasteiger partial charge in [0.25, 0.3) is 0 Å². The van der Waals surface area contributed by atoms with Crippen LogP contribution in [0.5, 0.6) is 0 Å². The highest BCUT2D eigenvalue weighted by Gasteiger charge is 2.48. The molecule has 1 heteroatoms. The Bertz CT molecular complexity index is 3860. The van der Waals surface area contributed by atoms with Crippen molar-refractivity contribution in [1.82, 2.24) is 0 Å². The first-order valence-corrected chi connectivity index (χ1v) is 25.6. The second-order valence-electron chi connectivity index (χ2n) is 19.6. The van der Waals surface area contributed by atoms with Crippen molar-refractivity contribution in [3.05, 3.63) is 307 Å². The molecule has 11 aromatic rings. The Labute approximate surface area is 429 Å². The molecule has 0 heterocycles. The standard InChI is InChI=1S/C72H53N/c1-50-38-46-58(47-39-50)72(57-26-9-4-10-27-57)66-34-14-11-30-65(66)71-64(33-19-35-67(71)72)62-29-13-16-37-69(62)73(59-48-44-54(45-49-59)53-42-40-52(41-43-53)51-20-5-2-6-21-51)68-36-15-12-28-61(68)63-32-18-25-56-24-17-31-60(70(56)63)55-22-7-3-8-23-55/h2-38,40-50H,39H2,1H3. The van der Waals surface area contributed by atoms with Gasteiger partial charge < -0.3 is 4.90 Å². The number of anilines is 3. The number of fused-ring (bicyclic) bond motifs is 4. The molecule has 0 aliphatic heterocycles. The van der Waals surface area contributed by atoms with Crippen molar-refractivity contribution in [3.8, 4) is 66.8 Å². The average Bonchev–Trinajstić information content (AvgIpc) is 3.78. The highest BCUT2D eigenvalue weighted by molar-refractivity contribution is 6.09. The molecule has 13 rings (SSSR count). The Hall–Kier alpha value is -9.04. The molecule has 0 bridgehead atoms. The Morgan fingerprint density at radius 2 is 0.836 bits per heavy atom. The maximum Gasteiger partial charge on any atom is 0.0710 e. The van der Waals surface area contributed by atoms with Gasteiger partial charge in [-0.05, 0) is 125 Å². The van der Waals surface area contributed by atoms with Gasteiger partial charge in [0, 0.05) is 16.8 Å². The molecule has 2 aliphatic rings. The van der Waals surface area contributed by atoms with E-state index in [-0.39, 0.29) is 0 Å². The molecule has 1 nitrogen and oxygen atoms in total. The van der Waals surface area contributed by atoms with Crippen molar-refractivity contribution < 1.29 is 0 Å². The van der Waals surface area contributed by atoms with E-state index in [1.165, 1.54) is 88.7 Å². The number of hydrogen-bond donors (Lipinski definition) is 0. The van der Waals surface area contributed by atoms with Crippen LogP contribution < -0.4 is 4.90 Å². The third-order valence-electron chi connectivity index (χ3n) is 15.3. The van der Waals surface area contributed by atoms with Crippen LogP contribution in [0.3, 0.4) is 0 Å². The number of nitrogens with zero attached hydrogens (tertiary/aromatic N) is 1. The molecule has 0 saturated heterocycles. The normalized spacial score (nSPS) is 15.6.